The summed E-state index contributed by atoms with van der Waals surface area (Å²) < 4.78 is 21.1. The van der Waals surface area contributed by atoms with Gasteiger partial charge in [0.25, 0.3) is 0 Å². The first-order valence-corrected chi connectivity index (χ1v) is 11.3. The van der Waals surface area contributed by atoms with E-state index < -0.39 is 13.5 Å². The van der Waals surface area contributed by atoms with Crippen molar-refractivity contribution in [2.75, 3.05) is 11.8 Å². The summed E-state index contributed by atoms with van der Waals surface area (Å²) in [5.41, 5.74) is 0.181. The number of anilines is 1. The number of aromatic carboxylic acids is 1. The maximum atomic E-state index is 13.9. The van der Waals surface area contributed by atoms with Crippen molar-refractivity contribution in [2.45, 2.75) is 46.1 Å². The number of rotatable bonds is 6. The number of carboxylic acid groups (broad SMARTS) is 1. The van der Waals surface area contributed by atoms with Gasteiger partial charge in [0, 0.05) is 23.1 Å². The van der Waals surface area contributed by atoms with Gasteiger partial charge in [-0.15, -0.1) is 11.3 Å². The predicted molar refractivity (Wildman–Crippen MR) is 113 cm³/mol. The van der Waals surface area contributed by atoms with Crippen LogP contribution in [0, 0.1) is 0 Å². The van der Waals surface area contributed by atoms with Crippen molar-refractivity contribution in [1.29, 1.82) is 0 Å². The molecule has 0 bridgehead atoms. The van der Waals surface area contributed by atoms with Crippen molar-refractivity contribution in [3.63, 3.8) is 0 Å². The Labute approximate surface area is 169 Å². The van der Waals surface area contributed by atoms with Crippen LogP contribution in [0.1, 0.15) is 49.2 Å². The van der Waals surface area contributed by atoms with Gasteiger partial charge in [-0.2, -0.15) is 0 Å². The number of nitrogens with zero attached hydrogens (tertiary/aromatic N) is 1. The fourth-order valence-corrected chi connectivity index (χ4v) is 6.20. The minimum absolute atomic E-state index is 0.153. The van der Waals surface area contributed by atoms with Crippen LogP contribution >= 0.6 is 30.5 Å². The summed E-state index contributed by atoms with van der Waals surface area (Å²) in [5.74, 6) is -1.05. The van der Waals surface area contributed by atoms with Crippen LogP contribution in [-0.2, 0) is 14.5 Å². The van der Waals surface area contributed by atoms with Crippen LogP contribution in [0.2, 0.25) is 5.02 Å². The lowest BCUT2D eigenvalue weighted by molar-refractivity contribution is 0.0703. The smallest absolute Gasteiger partial charge is 0.348 e. The zero-order valence-corrected chi connectivity index (χ0v) is 18.8. The van der Waals surface area contributed by atoms with Gasteiger partial charge in [-0.05, 0) is 49.6 Å². The maximum absolute atomic E-state index is 13.9. The molecule has 0 spiro atoms. The molecule has 0 aliphatic heterocycles. The Morgan fingerprint density at radius 3 is 2.22 bits per heavy atom. The molecule has 148 valence electrons. The summed E-state index contributed by atoms with van der Waals surface area (Å²) in [6.07, 6.45) is 0. The van der Waals surface area contributed by atoms with Crippen LogP contribution in [0.5, 0.6) is 0 Å². The topological polar surface area (TPSA) is 66.8 Å². The molecule has 1 aromatic carbocycles. The molecule has 1 unspecified atom stereocenters. The number of hydrogen-bond donors (Lipinski definition) is 1. The summed E-state index contributed by atoms with van der Waals surface area (Å²) >= 11 is 7.17. The molecule has 1 heterocycles. The van der Waals surface area contributed by atoms with E-state index in [0.717, 1.165) is 4.88 Å². The van der Waals surface area contributed by atoms with E-state index in [4.69, 9.17) is 16.1 Å². The molecule has 0 fully saturated rings. The lowest BCUT2D eigenvalue weighted by atomic mass is 9.94. The Hall–Kier alpha value is -1.33. The molecule has 8 heteroatoms. The van der Waals surface area contributed by atoms with Crippen LogP contribution in [-0.4, -0.2) is 24.2 Å². The minimum Gasteiger partial charge on any atom is -0.477 e. The Balaban J connectivity index is 2.73. The summed E-state index contributed by atoms with van der Waals surface area (Å²) in [7, 11) is -2.17. The van der Waals surface area contributed by atoms with Crippen LogP contribution in [0.3, 0.4) is 0 Å². The van der Waals surface area contributed by atoms with Crippen LogP contribution in [0.15, 0.2) is 30.3 Å². The third-order valence-corrected chi connectivity index (χ3v) is 8.55. The molecule has 27 heavy (non-hydrogen) atoms. The normalized spacial score (nSPS) is 14.2. The molecule has 0 radical (unpaired) electrons. The zero-order chi connectivity index (χ0) is 20.6. The first-order chi connectivity index (χ1) is 12.4. The number of halogens is 1. The van der Waals surface area contributed by atoms with Crippen molar-refractivity contribution in [3.05, 3.63) is 45.1 Å². The molecule has 1 aromatic heterocycles. The Kier molecular flexibility index (Phi) is 6.48. The van der Waals surface area contributed by atoms with Crippen molar-refractivity contribution >= 4 is 47.4 Å². The molecule has 2 rings (SSSR count). The molecular weight excluding hydrogens is 405 g/mol. The molecule has 2 aromatic rings. The average Bonchev–Trinajstić information content (AvgIpc) is 3.00. The van der Waals surface area contributed by atoms with Gasteiger partial charge in [0.1, 0.15) is 4.88 Å². The quantitative estimate of drug-likeness (QED) is 0.590. The first-order valence-electron chi connectivity index (χ1n) is 8.51. The molecule has 1 N–H and O–H groups in total. The highest BCUT2D eigenvalue weighted by Gasteiger charge is 2.39. The van der Waals surface area contributed by atoms with Gasteiger partial charge >= 0.3 is 13.5 Å². The van der Waals surface area contributed by atoms with E-state index in [2.05, 4.69) is 0 Å². The SMILES string of the molecule is COP(=O)(c1ccc(Cl)cc1)N(c1cc(C(C)(C)C)sc1C(=O)O)C(C)C. The third kappa shape index (κ3) is 4.40. The van der Waals surface area contributed by atoms with E-state index in [1.165, 1.54) is 18.4 Å². The van der Waals surface area contributed by atoms with Crippen LogP contribution in [0.25, 0.3) is 0 Å². The number of thiophene rings is 1. The molecule has 1 atom stereocenters. The monoisotopic (exact) mass is 429 g/mol. The molecule has 0 saturated carbocycles. The average molecular weight is 430 g/mol. The van der Waals surface area contributed by atoms with Crippen molar-refractivity contribution in [2.24, 2.45) is 0 Å². The summed E-state index contributed by atoms with van der Waals surface area (Å²) in [6.45, 7) is 9.78. The van der Waals surface area contributed by atoms with Gasteiger partial charge in [-0.1, -0.05) is 32.4 Å². The van der Waals surface area contributed by atoms with Crippen LogP contribution in [0.4, 0.5) is 5.69 Å². The fraction of sp³-hybridized carbons (Fsp3) is 0.421. The van der Waals surface area contributed by atoms with Gasteiger partial charge < -0.3 is 9.63 Å². The zero-order valence-electron chi connectivity index (χ0n) is 16.3. The summed E-state index contributed by atoms with van der Waals surface area (Å²) in [4.78, 5) is 13.0. The molecular formula is C19H25ClNO4PS. The first kappa shape index (κ1) is 22.0. The summed E-state index contributed by atoms with van der Waals surface area (Å²) in [5, 5.41) is 10.7. The highest BCUT2D eigenvalue weighted by molar-refractivity contribution is 7.68. The van der Waals surface area contributed by atoms with Crippen LogP contribution < -0.4 is 9.97 Å². The Bertz CT molecular complexity index is 871. The molecule has 0 saturated heterocycles. The van der Waals surface area contributed by atoms with E-state index in [-0.39, 0.29) is 16.3 Å². The predicted octanol–water partition coefficient (Wildman–Crippen LogP) is 5.78. The number of carbonyl (C=O) groups is 1. The minimum atomic E-state index is -3.55. The van der Waals surface area contributed by atoms with Crippen molar-refractivity contribution in [3.8, 4) is 0 Å². The van der Waals surface area contributed by atoms with E-state index in [0.29, 0.717) is 16.0 Å². The van der Waals surface area contributed by atoms with E-state index >= 15 is 0 Å². The van der Waals surface area contributed by atoms with Gasteiger partial charge in [0.15, 0.2) is 0 Å². The second-order valence-corrected chi connectivity index (χ2v) is 11.3. The number of hydrogen-bond acceptors (Lipinski definition) is 4. The van der Waals surface area contributed by atoms with E-state index in [1.807, 2.05) is 40.7 Å². The van der Waals surface area contributed by atoms with Crippen molar-refractivity contribution in [1.82, 2.24) is 0 Å². The highest BCUT2D eigenvalue weighted by Crippen LogP contribution is 2.55. The number of benzene rings is 1. The lowest BCUT2D eigenvalue weighted by Gasteiger charge is -2.35. The largest absolute Gasteiger partial charge is 0.477 e. The number of carboxylic acids is 1. The highest BCUT2D eigenvalue weighted by atomic mass is 35.5. The third-order valence-electron chi connectivity index (χ3n) is 4.07. The molecule has 0 aliphatic rings. The van der Waals surface area contributed by atoms with Gasteiger partial charge in [0.2, 0.25) is 0 Å². The standard InChI is InChI=1S/C19H25ClNO4PS/c1-12(2)21(26(24,25-6)14-9-7-13(20)8-10-14)15-11-16(19(3,4)5)27-17(15)18(22)23/h7-12H,1-6H3,(H,22,23). The second-order valence-electron chi connectivity index (χ2n) is 7.50. The van der Waals surface area contributed by atoms with Crippen molar-refractivity contribution < 1.29 is 19.0 Å². The molecule has 0 aliphatic carbocycles. The van der Waals surface area contributed by atoms with E-state index in [1.54, 1.807) is 28.9 Å². The molecule has 0 amide bonds. The Morgan fingerprint density at radius 2 is 1.81 bits per heavy atom. The maximum Gasteiger partial charge on any atom is 0.348 e. The van der Waals surface area contributed by atoms with Gasteiger partial charge in [-0.25, -0.2) is 4.79 Å². The fourth-order valence-electron chi connectivity index (χ4n) is 2.75. The Morgan fingerprint density at radius 1 is 1.26 bits per heavy atom. The molecule has 5 nitrogen and oxygen atoms in total. The van der Waals surface area contributed by atoms with E-state index in [9.17, 15) is 14.5 Å². The lowest BCUT2D eigenvalue weighted by Crippen LogP contribution is -2.33. The second kappa shape index (κ2) is 7.96. The van der Waals surface area contributed by atoms with Gasteiger partial charge in [0.05, 0.1) is 11.0 Å². The summed E-state index contributed by atoms with van der Waals surface area (Å²) in [6, 6.07) is 8.15. The van der Waals surface area contributed by atoms with Gasteiger partial charge in [-0.3, -0.25) is 9.24 Å².